The van der Waals surface area contributed by atoms with Gasteiger partial charge in [0.2, 0.25) is 5.91 Å². The second kappa shape index (κ2) is 9.88. The molecule has 0 rings (SSSR count). The highest BCUT2D eigenvalue weighted by atomic mass is 16.5. The van der Waals surface area contributed by atoms with Crippen LogP contribution in [0.4, 0.5) is 0 Å². The lowest BCUT2D eigenvalue weighted by Gasteiger charge is -2.16. The van der Waals surface area contributed by atoms with E-state index in [0.29, 0.717) is 19.6 Å². The van der Waals surface area contributed by atoms with E-state index < -0.39 is 0 Å². The predicted octanol–water partition coefficient (Wildman–Crippen LogP) is 1.22. The minimum absolute atomic E-state index is 0.00314. The van der Waals surface area contributed by atoms with Crippen LogP contribution in [0.15, 0.2) is 0 Å². The van der Waals surface area contributed by atoms with Crippen LogP contribution in [-0.4, -0.2) is 37.1 Å². The molecule has 0 heterocycles. The van der Waals surface area contributed by atoms with E-state index in [-0.39, 0.29) is 24.0 Å². The monoisotopic (exact) mass is 258 g/mol. The number of carbonyl (C=O) groups excluding carboxylic acids is 2. The van der Waals surface area contributed by atoms with Crippen molar-refractivity contribution in [3.05, 3.63) is 0 Å². The molecular formula is C13H26N2O3. The molecule has 106 valence electrons. The van der Waals surface area contributed by atoms with Crippen molar-refractivity contribution in [3.63, 3.8) is 0 Å². The summed E-state index contributed by atoms with van der Waals surface area (Å²) in [6.07, 6.45) is 2.00. The van der Waals surface area contributed by atoms with Gasteiger partial charge in [-0.05, 0) is 27.2 Å². The smallest absolute Gasteiger partial charge is 0.323 e. The molecule has 5 heteroatoms. The number of hydrogen-bond donors (Lipinski definition) is 2. The van der Waals surface area contributed by atoms with Gasteiger partial charge in [-0.1, -0.05) is 13.3 Å². The molecule has 0 bridgehead atoms. The Morgan fingerprint density at radius 2 is 1.89 bits per heavy atom. The van der Waals surface area contributed by atoms with E-state index in [1.165, 1.54) is 0 Å². The quantitative estimate of drug-likeness (QED) is 0.610. The Labute approximate surface area is 110 Å². The molecule has 0 spiro atoms. The molecule has 0 aliphatic heterocycles. The summed E-state index contributed by atoms with van der Waals surface area (Å²) in [5.41, 5.74) is 0. The van der Waals surface area contributed by atoms with Crippen molar-refractivity contribution in [1.29, 1.82) is 0 Å². The van der Waals surface area contributed by atoms with Crippen molar-refractivity contribution in [2.45, 2.75) is 59.0 Å². The molecule has 0 radical (unpaired) electrons. The van der Waals surface area contributed by atoms with Crippen molar-refractivity contribution in [2.75, 3.05) is 13.2 Å². The Morgan fingerprint density at radius 1 is 1.22 bits per heavy atom. The summed E-state index contributed by atoms with van der Waals surface area (Å²) in [4.78, 5) is 23.0. The number of ether oxygens (including phenoxy) is 1. The number of hydrogen-bond acceptors (Lipinski definition) is 4. The molecule has 0 aromatic rings. The van der Waals surface area contributed by atoms with Crippen LogP contribution in [-0.2, 0) is 14.3 Å². The maximum Gasteiger partial charge on any atom is 0.323 e. The first-order chi connectivity index (χ1) is 8.51. The van der Waals surface area contributed by atoms with Crippen molar-refractivity contribution in [3.8, 4) is 0 Å². The highest BCUT2D eigenvalue weighted by molar-refractivity contribution is 5.77. The zero-order chi connectivity index (χ0) is 14.0. The van der Waals surface area contributed by atoms with Gasteiger partial charge < -0.3 is 15.4 Å². The molecule has 0 aromatic heterocycles. The molecule has 1 unspecified atom stereocenters. The first-order valence-electron chi connectivity index (χ1n) is 6.70. The fourth-order valence-electron chi connectivity index (χ4n) is 1.59. The number of rotatable bonds is 9. The largest absolute Gasteiger partial charge is 0.465 e. The van der Waals surface area contributed by atoms with Gasteiger partial charge in [-0.25, -0.2) is 0 Å². The Kier molecular flexibility index (Phi) is 9.28. The average molecular weight is 258 g/mol. The lowest BCUT2D eigenvalue weighted by atomic mass is 10.1. The number of carbonyl (C=O) groups is 2. The van der Waals surface area contributed by atoms with Crippen LogP contribution in [0.1, 0.15) is 47.0 Å². The summed E-state index contributed by atoms with van der Waals surface area (Å²) >= 11 is 0. The third-order valence-electron chi connectivity index (χ3n) is 2.34. The summed E-state index contributed by atoms with van der Waals surface area (Å²) in [5.74, 6) is -0.236. The van der Waals surface area contributed by atoms with Gasteiger partial charge in [0.05, 0.1) is 6.61 Å². The minimum atomic E-state index is -0.304. The summed E-state index contributed by atoms with van der Waals surface area (Å²) in [6.45, 7) is 8.51. The van der Waals surface area contributed by atoms with Gasteiger partial charge in [0.1, 0.15) is 6.04 Å². The fourth-order valence-corrected chi connectivity index (χ4v) is 1.59. The molecule has 0 aliphatic carbocycles. The van der Waals surface area contributed by atoms with Crippen LogP contribution in [0.5, 0.6) is 0 Å². The summed E-state index contributed by atoms with van der Waals surface area (Å²) in [7, 11) is 0. The summed E-state index contributed by atoms with van der Waals surface area (Å²) < 4.78 is 4.98. The van der Waals surface area contributed by atoms with Crippen molar-refractivity contribution in [2.24, 2.45) is 0 Å². The van der Waals surface area contributed by atoms with Gasteiger partial charge in [0, 0.05) is 19.0 Å². The number of amides is 1. The van der Waals surface area contributed by atoms with Gasteiger partial charge in [0.15, 0.2) is 0 Å². The Morgan fingerprint density at radius 3 is 2.39 bits per heavy atom. The van der Waals surface area contributed by atoms with Crippen LogP contribution >= 0.6 is 0 Å². The second-order valence-electron chi connectivity index (χ2n) is 4.52. The van der Waals surface area contributed by atoms with Crippen LogP contribution < -0.4 is 10.6 Å². The van der Waals surface area contributed by atoms with Crippen LogP contribution in [0.25, 0.3) is 0 Å². The standard InChI is InChI=1S/C13H26N2O3/c1-5-7-11(13(17)18-6-2)14-9-8-12(16)15-10(3)4/h10-11,14H,5-9H2,1-4H3,(H,15,16). The van der Waals surface area contributed by atoms with Crippen molar-refractivity contribution < 1.29 is 14.3 Å². The van der Waals surface area contributed by atoms with Gasteiger partial charge in [0.25, 0.3) is 0 Å². The highest BCUT2D eigenvalue weighted by Gasteiger charge is 2.18. The third-order valence-corrected chi connectivity index (χ3v) is 2.34. The van der Waals surface area contributed by atoms with E-state index >= 15 is 0 Å². The van der Waals surface area contributed by atoms with Gasteiger partial charge >= 0.3 is 5.97 Å². The Bertz CT molecular complexity index is 255. The lowest BCUT2D eigenvalue weighted by molar-refractivity contribution is -0.146. The van der Waals surface area contributed by atoms with Crippen LogP contribution in [0, 0.1) is 0 Å². The summed E-state index contributed by atoms with van der Waals surface area (Å²) in [5, 5.41) is 5.88. The molecule has 0 saturated heterocycles. The maximum absolute atomic E-state index is 11.6. The third kappa shape index (κ3) is 8.06. The molecule has 0 fully saturated rings. The Balaban J connectivity index is 3.96. The molecule has 1 atom stereocenters. The fraction of sp³-hybridized carbons (Fsp3) is 0.846. The number of esters is 1. The first-order valence-corrected chi connectivity index (χ1v) is 6.70. The molecule has 2 N–H and O–H groups in total. The zero-order valence-electron chi connectivity index (χ0n) is 11.9. The Hall–Kier alpha value is -1.10. The van der Waals surface area contributed by atoms with E-state index in [4.69, 9.17) is 4.74 Å². The molecule has 0 aliphatic rings. The highest BCUT2D eigenvalue weighted by Crippen LogP contribution is 2.00. The molecule has 0 saturated carbocycles. The topological polar surface area (TPSA) is 67.4 Å². The van der Waals surface area contributed by atoms with E-state index in [1.807, 2.05) is 20.8 Å². The molecule has 0 aromatic carbocycles. The lowest BCUT2D eigenvalue weighted by Crippen LogP contribution is -2.40. The SMILES string of the molecule is CCCC(NCCC(=O)NC(C)C)C(=O)OCC. The van der Waals surface area contributed by atoms with Crippen LogP contribution in [0.2, 0.25) is 0 Å². The summed E-state index contributed by atoms with van der Waals surface area (Å²) in [6, 6.07) is -0.157. The number of nitrogens with one attached hydrogen (secondary N) is 2. The maximum atomic E-state index is 11.6. The van der Waals surface area contributed by atoms with Gasteiger partial charge in [-0.15, -0.1) is 0 Å². The van der Waals surface area contributed by atoms with Gasteiger partial charge in [-0.2, -0.15) is 0 Å². The second-order valence-corrected chi connectivity index (χ2v) is 4.52. The van der Waals surface area contributed by atoms with Crippen molar-refractivity contribution >= 4 is 11.9 Å². The van der Waals surface area contributed by atoms with Crippen LogP contribution in [0.3, 0.4) is 0 Å². The molecule has 18 heavy (non-hydrogen) atoms. The van der Waals surface area contributed by atoms with E-state index in [0.717, 1.165) is 12.8 Å². The predicted molar refractivity (Wildman–Crippen MR) is 71.2 cm³/mol. The normalized spacial score (nSPS) is 12.3. The average Bonchev–Trinajstić information content (AvgIpc) is 2.27. The van der Waals surface area contributed by atoms with Crippen molar-refractivity contribution in [1.82, 2.24) is 10.6 Å². The van der Waals surface area contributed by atoms with E-state index in [9.17, 15) is 9.59 Å². The van der Waals surface area contributed by atoms with Gasteiger partial charge in [-0.3, -0.25) is 9.59 Å². The van der Waals surface area contributed by atoms with E-state index in [1.54, 1.807) is 6.92 Å². The minimum Gasteiger partial charge on any atom is -0.465 e. The zero-order valence-corrected chi connectivity index (χ0v) is 11.9. The molecule has 1 amide bonds. The molecule has 5 nitrogen and oxygen atoms in total. The van der Waals surface area contributed by atoms with E-state index in [2.05, 4.69) is 10.6 Å². The first kappa shape index (κ1) is 16.9. The molecular weight excluding hydrogens is 232 g/mol.